The monoisotopic (exact) mass is 541 g/mol. The van der Waals surface area contributed by atoms with Crippen LogP contribution in [0.5, 0.6) is 0 Å². The number of aryl methyl sites for hydroxylation is 1. The van der Waals surface area contributed by atoms with E-state index < -0.39 is 28.5 Å². The van der Waals surface area contributed by atoms with Crippen molar-refractivity contribution < 1.29 is 18.0 Å². The van der Waals surface area contributed by atoms with Crippen LogP contribution in [-0.2, 0) is 26.2 Å². The standard InChI is InChI=1S/C28H32ClN3O4S/c1-5-30-28(34)22(4)31(18-23-12-9-11-20(2)17-23)27(33)19-32(26-16-10-15-25(29)21(26)3)37(35,36)24-13-7-6-8-14-24/h6-17,22H,5,18-19H2,1-4H3,(H,30,34)/t22-/m0/s1. The molecule has 3 aromatic carbocycles. The maximum atomic E-state index is 13.8. The Morgan fingerprint density at radius 1 is 0.973 bits per heavy atom. The van der Waals surface area contributed by atoms with E-state index in [0.29, 0.717) is 22.8 Å². The minimum atomic E-state index is -4.13. The third-order valence-corrected chi connectivity index (χ3v) is 8.25. The van der Waals surface area contributed by atoms with Crippen molar-refractivity contribution in [1.29, 1.82) is 0 Å². The second-order valence-corrected chi connectivity index (χ2v) is 11.1. The number of likely N-dealkylation sites (N-methyl/N-ethyl adjacent to an activating group) is 1. The van der Waals surface area contributed by atoms with Crippen molar-refractivity contribution in [3.63, 3.8) is 0 Å². The number of hydrogen-bond donors (Lipinski definition) is 1. The highest BCUT2D eigenvalue weighted by molar-refractivity contribution is 7.92. The van der Waals surface area contributed by atoms with Crippen LogP contribution < -0.4 is 9.62 Å². The maximum absolute atomic E-state index is 13.8. The van der Waals surface area contributed by atoms with Gasteiger partial charge < -0.3 is 10.2 Å². The largest absolute Gasteiger partial charge is 0.355 e. The lowest BCUT2D eigenvalue weighted by molar-refractivity contribution is -0.139. The summed E-state index contributed by atoms with van der Waals surface area (Å²) in [5, 5.41) is 3.13. The highest BCUT2D eigenvalue weighted by Crippen LogP contribution is 2.31. The zero-order valence-corrected chi connectivity index (χ0v) is 23.0. The van der Waals surface area contributed by atoms with Crippen LogP contribution in [0.4, 0.5) is 5.69 Å². The second-order valence-electron chi connectivity index (χ2n) is 8.79. The van der Waals surface area contributed by atoms with E-state index in [1.165, 1.54) is 17.0 Å². The Bertz CT molecular complexity index is 1360. The van der Waals surface area contributed by atoms with Crippen molar-refractivity contribution in [2.24, 2.45) is 0 Å². The summed E-state index contributed by atoms with van der Waals surface area (Å²) >= 11 is 6.33. The number of hydrogen-bond acceptors (Lipinski definition) is 4. The van der Waals surface area contributed by atoms with Crippen molar-refractivity contribution in [3.05, 3.63) is 94.5 Å². The number of amides is 2. The molecular weight excluding hydrogens is 510 g/mol. The van der Waals surface area contributed by atoms with E-state index in [9.17, 15) is 18.0 Å². The molecule has 2 amide bonds. The van der Waals surface area contributed by atoms with Crippen LogP contribution in [0, 0.1) is 13.8 Å². The van der Waals surface area contributed by atoms with Gasteiger partial charge in [0.25, 0.3) is 10.0 Å². The van der Waals surface area contributed by atoms with Crippen LogP contribution in [-0.4, -0.2) is 44.3 Å². The number of sulfonamides is 1. The van der Waals surface area contributed by atoms with E-state index in [1.807, 2.05) is 31.2 Å². The average molecular weight is 542 g/mol. The Labute approximate surface area is 224 Å². The van der Waals surface area contributed by atoms with Gasteiger partial charge in [0, 0.05) is 18.1 Å². The third-order valence-electron chi connectivity index (χ3n) is 6.07. The summed E-state index contributed by atoms with van der Waals surface area (Å²) in [6, 6.07) is 19.7. The van der Waals surface area contributed by atoms with Gasteiger partial charge in [-0.15, -0.1) is 0 Å². The molecule has 0 heterocycles. The fraction of sp³-hybridized carbons (Fsp3) is 0.286. The summed E-state index contributed by atoms with van der Waals surface area (Å²) in [5.41, 5.74) is 2.67. The number of anilines is 1. The molecule has 0 radical (unpaired) electrons. The number of rotatable bonds is 10. The van der Waals surface area contributed by atoms with Gasteiger partial charge in [-0.05, 0) is 63.1 Å². The van der Waals surface area contributed by atoms with Gasteiger partial charge in [0.2, 0.25) is 11.8 Å². The molecule has 0 aliphatic heterocycles. The van der Waals surface area contributed by atoms with Crippen molar-refractivity contribution in [3.8, 4) is 0 Å². The topological polar surface area (TPSA) is 86.8 Å². The Morgan fingerprint density at radius 3 is 2.30 bits per heavy atom. The summed E-state index contributed by atoms with van der Waals surface area (Å²) in [6.45, 7) is 7.13. The molecule has 37 heavy (non-hydrogen) atoms. The van der Waals surface area contributed by atoms with Gasteiger partial charge >= 0.3 is 0 Å². The van der Waals surface area contributed by atoms with Crippen molar-refractivity contribution in [2.75, 3.05) is 17.4 Å². The van der Waals surface area contributed by atoms with E-state index in [0.717, 1.165) is 15.4 Å². The Hall–Kier alpha value is -3.36. The molecule has 3 rings (SSSR count). The van der Waals surface area contributed by atoms with E-state index in [2.05, 4.69) is 5.32 Å². The molecule has 3 aromatic rings. The van der Waals surface area contributed by atoms with E-state index in [4.69, 9.17) is 11.6 Å². The highest BCUT2D eigenvalue weighted by Gasteiger charge is 2.33. The maximum Gasteiger partial charge on any atom is 0.264 e. The molecule has 0 aromatic heterocycles. The third kappa shape index (κ3) is 6.70. The van der Waals surface area contributed by atoms with Gasteiger partial charge in [0.15, 0.2) is 0 Å². The van der Waals surface area contributed by atoms with Crippen molar-refractivity contribution in [2.45, 2.75) is 45.2 Å². The lowest BCUT2D eigenvalue weighted by atomic mass is 10.1. The molecule has 0 spiro atoms. The van der Waals surface area contributed by atoms with Gasteiger partial charge in [-0.1, -0.05) is 65.7 Å². The van der Waals surface area contributed by atoms with E-state index in [1.54, 1.807) is 57.2 Å². The molecule has 0 saturated heterocycles. The van der Waals surface area contributed by atoms with Crippen molar-refractivity contribution >= 4 is 39.1 Å². The average Bonchev–Trinajstić information content (AvgIpc) is 2.88. The molecule has 196 valence electrons. The first-order valence-electron chi connectivity index (χ1n) is 12.0. The first-order chi connectivity index (χ1) is 17.6. The lowest BCUT2D eigenvalue weighted by Gasteiger charge is -2.32. The van der Waals surface area contributed by atoms with Crippen molar-refractivity contribution in [1.82, 2.24) is 10.2 Å². The molecule has 0 saturated carbocycles. The fourth-order valence-corrected chi connectivity index (χ4v) is 5.67. The molecule has 1 N–H and O–H groups in total. The number of halogens is 1. The zero-order valence-electron chi connectivity index (χ0n) is 21.4. The van der Waals surface area contributed by atoms with Crippen LogP contribution in [0.25, 0.3) is 0 Å². The van der Waals surface area contributed by atoms with Gasteiger partial charge in [-0.2, -0.15) is 0 Å². The highest BCUT2D eigenvalue weighted by atomic mass is 35.5. The molecule has 0 aliphatic carbocycles. The Balaban J connectivity index is 2.07. The van der Waals surface area contributed by atoms with Gasteiger partial charge in [0.1, 0.15) is 12.6 Å². The Kier molecular flexibility index (Phi) is 9.34. The first-order valence-corrected chi connectivity index (χ1v) is 13.8. The van der Waals surface area contributed by atoms with Gasteiger partial charge in [-0.25, -0.2) is 8.42 Å². The predicted molar refractivity (Wildman–Crippen MR) is 147 cm³/mol. The van der Waals surface area contributed by atoms with Crippen LogP contribution in [0.15, 0.2) is 77.7 Å². The summed E-state index contributed by atoms with van der Waals surface area (Å²) in [5.74, 6) is -0.834. The summed E-state index contributed by atoms with van der Waals surface area (Å²) in [4.78, 5) is 28.1. The normalized spacial score (nSPS) is 12.0. The van der Waals surface area contributed by atoms with Crippen LogP contribution in [0.3, 0.4) is 0 Å². The Morgan fingerprint density at radius 2 is 1.65 bits per heavy atom. The fourth-order valence-electron chi connectivity index (χ4n) is 4.01. The van der Waals surface area contributed by atoms with Crippen LogP contribution >= 0.6 is 11.6 Å². The van der Waals surface area contributed by atoms with Crippen LogP contribution in [0.2, 0.25) is 5.02 Å². The molecule has 7 nitrogen and oxygen atoms in total. The summed E-state index contributed by atoms with van der Waals surface area (Å²) < 4.78 is 28.7. The van der Waals surface area contributed by atoms with E-state index >= 15 is 0 Å². The molecular formula is C28H32ClN3O4S. The molecule has 9 heteroatoms. The number of carbonyl (C=O) groups excluding carboxylic acids is 2. The molecule has 1 atom stereocenters. The summed E-state index contributed by atoms with van der Waals surface area (Å²) in [7, 11) is -4.13. The lowest BCUT2D eigenvalue weighted by Crippen LogP contribution is -2.51. The van der Waals surface area contributed by atoms with Gasteiger partial charge in [-0.3, -0.25) is 13.9 Å². The molecule has 0 unspecified atom stereocenters. The smallest absolute Gasteiger partial charge is 0.264 e. The van der Waals surface area contributed by atoms with E-state index in [-0.39, 0.29) is 17.3 Å². The first kappa shape index (κ1) is 28.2. The minimum absolute atomic E-state index is 0.0455. The number of nitrogens with one attached hydrogen (secondary N) is 1. The summed E-state index contributed by atoms with van der Waals surface area (Å²) in [6.07, 6.45) is 0. The quantitative estimate of drug-likeness (QED) is 0.403. The number of nitrogens with zero attached hydrogens (tertiary/aromatic N) is 2. The minimum Gasteiger partial charge on any atom is -0.355 e. The van der Waals surface area contributed by atoms with Gasteiger partial charge in [0.05, 0.1) is 10.6 Å². The predicted octanol–water partition coefficient (Wildman–Crippen LogP) is 4.71. The molecule has 0 aliphatic rings. The molecule has 0 bridgehead atoms. The second kappa shape index (κ2) is 12.3. The van der Waals surface area contributed by atoms with Crippen LogP contribution in [0.1, 0.15) is 30.5 Å². The number of carbonyl (C=O) groups is 2. The zero-order chi connectivity index (χ0) is 27.2. The SMILES string of the molecule is CCNC(=O)[C@H](C)N(Cc1cccc(C)c1)C(=O)CN(c1cccc(Cl)c1C)S(=O)(=O)c1ccccc1. The number of benzene rings is 3. The molecule has 0 fully saturated rings.